The Hall–Kier alpha value is -1.40. The number of carbonyl (C=O) groups excluding carboxylic acids is 1. The van der Waals surface area contributed by atoms with Crippen LogP contribution in [0, 0.1) is 11.8 Å². The molecule has 0 aromatic carbocycles. The maximum Gasteiger partial charge on any atom is 0.306 e. The summed E-state index contributed by atoms with van der Waals surface area (Å²) in [6, 6.07) is 0. The maximum absolute atomic E-state index is 11.2. The van der Waals surface area contributed by atoms with Gasteiger partial charge in [-0.1, -0.05) is 19.4 Å². The normalized spacial score (nSPS) is 22.2. The van der Waals surface area contributed by atoms with Gasteiger partial charge in [0.05, 0.1) is 19.1 Å². The predicted octanol–water partition coefficient (Wildman–Crippen LogP) is 1.52. The lowest BCUT2D eigenvalue weighted by molar-refractivity contribution is -0.302. The zero-order valence-electron chi connectivity index (χ0n) is 11.9. The fraction of sp³-hybridized carbons (Fsp3) is 0.714. The molecular weight excluding hydrogens is 262 g/mol. The van der Waals surface area contributed by atoms with Crippen LogP contribution in [0.15, 0.2) is 12.2 Å². The van der Waals surface area contributed by atoms with E-state index in [9.17, 15) is 9.59 Å². The highest BCUT2D eigenvalue weighted by Gasteiger charge is 2.31. The molecule has 2 N–H and O–H groups in total. The second-order valence-electron chi connectivity index (χ2n) is 5.13. The summed E-state index contributed by atoms with van der Waals surface area (Å²) in [5, 5.41) is 11.7. The Morgan fingerprint density at radius 2 is 2.00 bits per heavy atom. The van der Waals surface area contributed by atoms with E-state index >= 15 is 0 Å². The Morgan fingerprint density at radius 3 is 2.65 bits per heavy atom. The number of nitrogens with one attached hydrogen (secondary N) is 1. The van der Waals surface area contributed by atoms with E-state index in [2.05, 4.69) is 11.9 Å². The largest absolute Gasteiger partial charge is 0.481 e. The molecule has 0 spiro atoms. The molecule has 1 amide bonds. The number of hydrogen-bond donors (Lipinski definition) is 2. The molecule has 0 aliphatic heterocycles. The molecule has 1 saturated carbocycles. The summed E-state index contributed by atoms with van der Waals surface area (Å²) in [6.45, 7) is 5.98. The van der Waals surface area contributed by atoms with E-state index in [0.29, 0.717) is 18.5 Å². The quantitative estimate of drug-likeness (QED) is 0.306. The zero-order valence-corrected chi connectivity index (χ0v) is 11.9. The topological polar surface area (TPSA) is 84.9 Å². The molecule has 6 heteroatoms. The Bertz CT molecular complexity index is 355. The van der Waals surface area contributed by atoms with Crippen LogP contribution >= 0.6 is 0 Å². The fourth-order valence-corrected chi connectivity index (χ4v) is 2.28. The standard InChI is InChI=1S/C14H23NO5/c1-10(2)13(16)15-7-8-19-20-9-11-5-3-4-6-12(11)14(17)18/h11-12H,1,3-9H2,2H3,(H,15,16)(H,17,18). The molecule has 0 bridgehead atoms. The van der Waals surface area contributed by atoms with Crippen LogP contribution in [-0.4, -0.2) is 36.7 Å². The lowest BCUT2D eigenvalue weighted by atomic mass is 9.80. The molecule has 1 aliphatic carbocycles. The third-order valence-corrected chi connectivity index (χ3v) is 3.45. The number of amides is 1. The number of rotatable bonds is 8. The molecule has 0 aromatic rings. The minimum absolute atomic E-state index is 0.00580. The lowest BCUT2D eigenvalue weighted by Gasteiger charge is -2.27. The SMILES string of the molecule is C=C(C)C(=O)NCCOOCC1CCCCC1C(=O)O. The van der Waals surface area contributed by atoms with Crippen LogP contribution in [0.5, 0.6) is 0 Å². The van der Waals surface area contributed by atoms with Gasteiger partial charge in [-0.3, -0.25) is 9.59 Å². The van der Waals surface area contributed by atoms with Crippen molar-refractivity contribution in [2.75, 3.05) is 19.8 Å². The second-order valence-corrected chi connectivity index (χ2v) is 5.13. The molecular formula is C14H23NO5. The van der Waals surface area contributed by atoms with Crippen molar-refractivity contribution in [2.24, 2.45) is 11.8 Å². The number of carbonyl (C=O) groups is 2. The fourth-order valence-electron chi connectivity index (χ4n) is 2.28. The van der Waals surface area contributed by atoms with Crippen molar-refractivity contribution >= 4 is 11.9 Å². The molecule has 114 valence electrons. The Labute approximate surface area is 119 Å². The van der Waals surface area contributed by atoms with Crippen molar-refractivity contribution in [1.29, 1.82) is 0 Å². The van der Waals surface area contributed by atoms with Gasteiger partial charge in [0, 0.05) is 12.1 Å². The monoisotopic (exact) mass is 285 g/mol. The zero-order chi connectivity index (χ0) is 15.0. The number of aliphatic carboxylic acids is 1. The summed E-state index contributed by atoms with van der Waals surface area (Å²) in [5.74, 6) is -1.31. The van der Waals surface area contributed by atoms with Gasteiger partial charge < -0.3 is 10.4 Å². The van der Waals surface area contributed by atoms with Crippen molar-refractivity contribution < 1.29 is 24.5 Å². The molecule has 0 aromatic heterocycles. The van der Waals surface area contributed by atoms with E-state index in [1.165, 1.54) is 0 Å². The van der Waals surface area contributed by atoms with Crippen LogP contribution in [0.4, 0.5) is 0 Å². The Kier molecular flexibility index (Phi) is 7.25. The first kappa shape index (κ1) is 16.7. The molecule has 0 saturated heterocycles. The van der Waals surface area contributed by atoms with Crippen molar-refractivity contribution in [2.45, 2.75) is 32.6 Å². The first-order valence-electron chi connectivity index (χ1n) is 6.93. The molecule has 0 radical (unpaired) electrons. The summed E-state index contributed by atoms with van der Waals surface area (Å²) >= 11 is 0. The van der Waals surface area contributed by atoms with Gasteiger partial charge in [0.2, 0.25) is 5.91 Å². The van der Waals surface area contributed by atoms with E-state index in [0.717, 1.165) is 19.3 Å². The van der Waals surface area contributed by atoms with E-state index in [1.54, 1.807) is 6.92 Å². The number of carboxylic acids is 1. The first-order valence-corrected chi connectivity index (χ1v) is 6.93. The van der Waals surface area contributed by atoms with E-state index < -0.39 is 5.97 Å². The molecule has 1 fully saturated rings. The number of hydrogen-bond acceptors (Lipinski definition) is 4. The molecule has 6 nitrogen and oxygen atoms in total. The molecule has 0 heterocycles. The highest BCUT2D eigenvalue weighted by Crippen LogP contribution is 2.30. The van der Waals surface area contributed by atoms with Gasteiger partial charge in [0.25, 0.3) is 0 Å². The van der Waals surface area contributed by atoms with Crippen molar-refractivity contribution in [3.05, 3.63) is 12.2 Å². The molecule has 20 heavy (non-hydrogen) atoms. The maximum atomic E-state index is 11.2. The van der Waals surface area contributed by atoms with Gasteiger partial charge in [0.15, 0.2) is 0 Å². The van der Waals surface area contributed by atoms with E-state index in [1.807, 2.05) is 0 Å². The third kappa shape index (κ3) is 5.71. The Balaban J connectivity index is 2.12. The predicted molar refractivity (Wildman–Crippen MR) is 72.8 cm³/mol. The molecule has 1 aliphatic rings. The average Bonchev–Trinajstić information content (AvgIpc) is 2.42. The van der Waals surface area contributed by atoms with Crippen LogP contribution in [0.3, 0.4) is 0 Å². The van der Waals surface area contributed by atoms with Crippen LogP contribution in [0.1, 0.15) is 32.6 Å². The second kappa shape index (κ2) is 8.71. The smallest absolute Gasteiger partial charge is 0.306 e. The van der Waals surface area contributed by atoms with Gasteiger partial charge in [-0.2, -0.15) is 0 Å². The van der Waals surface area contributed by atoms with Gasteiger partial charge >= 0.3 is 5.97 Å². The molecule has 2 unspecified atom stereocenters. The van der Waals surface area contributed by atoms with Crippen LogP contribution < -0.4 is 5.32 Å². The van der Waals surface area contributed by atoms with Gasteiger partial charge in [-0.15, -0.1) is 0 Å². The van der Waals surface area contributed by atoms with Gasteiger partial charge in [0.1, 0.15) is 0 Å². The summed E-state index contributed by atoms with van der Waals surface area (Å²) in [5.41, 5.74) is 0.442. The van der Waals surface area contributed by atoms with E-state index in [-0.39, 0.29) is 31.0 Å². The summed E-state index contributed by atoms with van der Waals surface area (Å²) in [4.78, 5) is 32.3. The first-order chi connectivity index (χ1) is 9.52. The molecule has 1 rings (SSSR count). The van der Waals surface area contributed by atoms with Crippen molar-refractivity contribution in [3.63, 3.8) is 0 Å². The highest BCUT2D eigenvalue weighted by molar-refractivity contribution is 5.92. The lowest BCUT2D eigenvalue weighted by Crippen LogP contribution is -2.31. The summed E-state index contributed by atoms with van der Waals surface area (Å²) in [6.07, 6.45) is 3.55. The third-order valence-electron chi connectivity index (χ3n) is 3.45. The average molecular weight is 285 g/mol. The van der Waals surface area contributed by atoms with Gasteiger partial charge in [-0.25, -0.2) is 9.78 Å². The highest BCUT2D eigenvalue weighted by atomic mass is 17.2. The minimum atomic E-state index is -0.757. The minimum Gasteiger partial charge on any atom is -0.481 e. The van der Waals surface area contributed by atoms with Crippen LogP contribution in [0.25, 0.3) is 0 Å². The Morgan fingerprint density at radius 1 is 1.30 bits per heavy atom. The number of carboxylic acid groups (broad SMARTS) is 1. The van der Waals surface area contributed by atoms with E-state index in [4.69, 9.17) is 14.9 Å². The summed E-state index contributed by atoms with van der Waals surface area (Å²) in [7, 11) is 0. The molecule has 2 atom stereocenters. The van der Waals surface area contributed by atoms with Crippen LogP contribution in [-0.2, 0) is 19.4 Å². The van der Waals surface area contributed by atoms with Crippen molar-refractivity contribution in [1.82, 2.24) is 5.32 Å². The van der Waals surface area contributed by atoms with Crippen molar-refractivity contribution in [3.8, 4) is 0 Å². The van der Waals surface area contributed by atoms with Crippen LogP contribution in [0.2, 0.25) is 0 Å². The van der Waals surface area contributed by atoms with Gasteiger partial charge in [-0.05, 0) is 25.7 Å². The summed E-state index contributed by atoms with van der Waals surface area (Å²) < 4.78 is 0.